The van der Waals surface area contributed by atoms with Crippen LogP contribution in [0.2, 0.25) is 0 Å². The van der Waals surface area contributed by atoms with Gasteiger partial charge in [-0.2, -0.15) is 0 Å². The van der Waals surface area contributed by atoms with Gasteiger partial charge in [-0.3, -0.25) is 4.79 Å². The lowest BCUT2D eigenvalue weighted by molar-refractivity contribution is -0.123. The van der Waals surface area contributed by atoms with E-state index in [0.717, 1.165) is 15.8 Å². The molecule has 32 heavy (non-hydrogen) atoms. The van der Waals surface area contributed by atoms with Crippen molar-refractivity contribution in [3.8, 4) is 0 Å². The molecule has 4 rings (SSSR count). The molecule has 0 bridgehead atoms. The highest BCUT2D eigenvalue weighted by molar-refractivity contribution is 7.91. The number of hydrogen-bond acceptors (Lipinski definition) is 6. The molecule has 1 aliphatic rings. The Morgan fingerprint density at radius 1 is 1.25 bits per heavy atom. The van der Waals surface area contributed by atoms with Crippen molar-refractivity contribution in [1.82, 2.24) is 10.3 Å². The average Bonchev–Trinajstić information content (AvgIpc) is 3.15. The van der Waals surface area contributed by atoms with Gasteiger partial charge in [0.05, 0.1) is 27.3 Å². The molecule has 0 saturated carbocycles. The first-order chi connectivity index (χ1) is 15.2. The maximum absolute atomic E-state index is 13.9. The summed E-state index contributed by atoms with van der Waals surface area (Å²) in [5.74, 6) is -0.654. The van der Waals surface area contributed by atoms with Crippen LogP contribution in [-0.4, -0.2) is 36.9 Å². The Morgan fingerprint density at radius 2 is 1.97 bits per heavy atom. The zero-order valence-corrected chi connectivity index (χ0v) is 19.4. The third-order valence-corrected chi connectivity index (χ3v) is 8.77. The highest BCUT2D eigenvalue weighted by atomic mass is 32.2. The van der Waals surface area contributed by atoms with Crippen LogP contribution in [0.1, 0.15) is 35.4 Å². The molecule has 0 unspecified atom stereocenters. The second-order valence-electron chi connectivity index (χ2n) is 8.53. The van der Waals surface area contributed by atoms with Gasteiger partial charge >= 0.3 is 0 Å². The number of sulfone groups is 1. The van der Waals surface area contributed by atoms with Gasteiger partial charge in [-0.25, -0.2) is 17.8 Å². The highest BCUT2D eigenvalue weighted by Crippen LogP contribution is 2.38. The van der Waals surface area contributed by atoms with E-state index in [4.69, 9.17) is 10.7 Å². The van der Waals surface area contributed by atoms with Crippen molar-refractivity contribution >= 4 is 37.3 Å². The van der Waals surface area contributed by atoms with Gasteiger partial charge in [0.2, 0.25) is 5.91 Å². The van der Waals surface area contributed by atoms with Crippen LogP contribution >= 0.6 is 11.3 Å². The maximum atomic E-state index is 13.9. The van der Waals surface area contributed by atoms with Crippen LogP contribution in [0.15, 0.2) is 42.5 Å². The Hall–Kier alpha value is -2.36. The van der Waals surface area contributed by atoms with Crippen LogP contribution in [-0.2, 0) is 26.6 Å². The molecule has 3 N–H and O–H groups in total. The number of amides is 1. The van der Waals surface area contributed by atoms with Gasteiger partial charge in [-0.1, -0.05) is 24.3 Å². The zero-order chi connectivity index (χ0) is 22.9. The molecular weight excluding hydrogens is 449 g/mol. The number of fused-ring (bicyclic) bond motifs is 1. The van der Waals surface area contributed by atoms with Crippen molar-refractivity contribution in [1.29, 1.82) is 0 Å². The summed E-state index contributed by atoms with van der Waals surface area (Å²) in [6, 6.07) is 11.8. The Kier molecular flexibility index (Phi) is 6.33. The molecule has 6 nitrogen and oxygen atoms in total. The first-order valence-electron chi connectivity index (χ1n) is 10.5. The number of aryl methyl sites for hydroxylation is 1. The second-order valence-corrected chi connectivity index (χ2v) is 11.9. The molecular formula is C23H26FN3O3S2. The Labute approximate surface area is 191 Å². The van der Waals surface area contributed by atoms with Crippen LogP contribution in [0.25, 0.3) is 10.2 Å². The second kappa shape index (κ2) is 8.88. The number of halogens is 1. The number of carbonyl (C=O) groups excluding carboxylic acids is 1. The molecule has 2 aromatic carbocycles. The number of hydrogen-bond donors (Lipinski definition) is 2. The normalized spacial score (nSPS) is 18.3. The molecule has 9 heteroatoms. The third-order valence-electron chi connectivity index (χ3n) is 5.90. The molecule has 1 aliphatic heterocycles. The monoisotopic (exact) mass is 475 g/mol. The smallest absolute Gasteiger partial charge is 0.222 e. The molecule has 1 aromatic heterocycles. The number of carbonyl (C=O) groups is 1. The van der Waals surface area contributed by atoms with Crippen molar-refractivity contribution in [3.05, 3.63) is 64.4 Å². The summed E-state index contributed by atoms with van der Waals surface area (Å²) < 4.78 is 39.1. The summed E-state index contributed by atoms with van der Waals surface area (Å²) in [7, 11) is -3.14. The summed E-state index contributed by atoms with van der Waals surface area (Å²) in [5.41, 5.74) is 7.70. The van der Waals surface area contributed by atoms with E-state index in [2.05, 4.69) is 5.32 Å². The zero-order valence-electron chi connectivity index (χ0n) is 17.8. The van der Waals surface area contributed by atoms with Crippen LogP contribution in [0, 0.1) is 12.7 Å². The molecule has 170 valence electrons. The molecule has 0 radical (unpaired) electrons. The van der Waals surface area contributed by atoms with E-state index in [9.17, 15) is 17.6 Å². The number of nitrogens with one attached hydrogen (secondary N) is 1. The van der Waals surface area contributed by atoms with Crippen molar-refractivity contribution in [2.45, 2.75) is 44.2 Å². The number of benzene rings is 2. The lowest BCUT2D eigenvalue weighted by Crippen LogP contribution is -2.51. The predicted molar refractivity (Wildman–Crippen MR) is 125 cm³/mol. The molecule has 1 saturated heterocycles. The lowest BCUT2D eigenvalue weighted by atomic mass is 9.92. The first kappa shape index (κ1) is 22.8. The van der Waals surface area contributed by atoms with Gasteiger partial charge in [-0.05, 0) is 55.5 Å². The van der Waals surface area contributed by atoms with E-state index in [1.165, 1.54) is 17.4 Å². The molecule has 2 heterocycles. The van der Waals surface area contributed by atoms with E-state index >= 15 is 0 Å². The number of nitrogens with two attached hydrogens (primary N) is 1. The SMILES string of the molecule is Cc1ccc2nc(C3(NC(=O)C[C@H](N)Cc4ccccc4F)CCS(=O)(=O)CC3)sc2c1. The molecule has 1 fully saturated rings. The fraction of sp³-hybridized carbons (Fsp3) is 0.391. The first-order valence-corrected chi connectivity index (χ1v) is 13.2. The predicted octanol–water partition coefficient (Wildman–Crippen LogP) is 3.22. The summed E-state index contributed by atoms with van der Waals surface area (Å²) >= 11 is 1.48. The summed E-state index contributed by atoms with van der Waals surface area (Å²) in [4.78, 5) is 17.7. The largest absolute Gasteiger partial charge is 0.344 e. The summed E-state index contributed by atoms with van der Waals surface area (Å²) in [5, 5.41) is 3.78. The standard InChI is InChI=1S/C23H26FN3O3S2/c1-15-6-7-19-20(12-15)31-22(26-19)23(8-10-32(29,30)11-9-23)27-21(28)14-17(25)13-16-4-2-3-5-18(16)24/h2-7,12,17H,8-11,13-14,25H2,1H3,(H,27,28)/t17-/m1/s1. The van der Waals surface area contributed by atoms with E-state index in [1.807, 2.05) is 25.1 Å². The van der Waals surface area contributed by atoms with Crippen LogP contribution in [0.3, 0.4) is 0 Å². The van der Waals surface area contributed by atoms with Gasteiger partial charge < -0.3 is 11.1 Å². The molecule has 1 atom stereocenters. The van der Waals surface area contributed by atoms with Gasteiger partial charge in [0.1, 0.15) is 10.8 Å². The number of rotatable bonds is 6. The summed E-state index contributed by atoms with van der Waals surface area (Å²) in [6.07, 6.45) is 0.777. The minimum Gasteiger partial charge on any atom is -0.344 e. The fourth-order valence-corrected chi connectivity index (χ4v) is 6.88. The molecule has 3 aromatic rings. The van der Waals surface area contributed by atoms with Crippen molar-refractivity contribution in [3.63, 3.8) is 0 Å². The van der Waals surface area contributed by atoms with Gasteiger partial charge in [0.25, 0.3) is 0 Å². The maximum Gasteiger partial charge on any atom is 0.222 e. The van der Waals surface area contributed by atoms with Crippen molar-refractivity contribution in [2.24, 2.45) is 5.73 Å². The van der Waals surface area contributed by atoms with Gasteiger partial charge in [0.15, 0.2) is 9.84 Å². The quantitative estimate of drug-likeness (QED) is 0.570. The number of aromatic nitrogens is 1. The topological polar surface area (TPSA) is 102 Å². The molecule has 1 amide bonds. The fourth-order valence-electron chi connectivity index (χ4n) is 4.09. The van der Waals surface area contributed by atoms with E-state index < -0.39 is 21.4 Å². The van der Waals surface area contributed by atoms with Crippen LogP contribution in [0.5, 0.6) is 0 Å². The van der Waals surface area contributed by atoms with Gasteiger partial charge in [-0.15, -0.1) is 11.3 Å². The third kappa shape index (κ3) is 5.00. The minimum atomic E-state index is -3.14. The lowest BCUT2D eigenvalue weighted by Gasteiger charge is -2.36. The van der Waals surface area contributed by atoms with E-state index in [0.29, 0.717) is 10.6 Å². The van der Waals surface area contributed by atoms with Crippen molar-refractivity contribution < 1.29 is 17.6 Å². The van der Waals surface area contributed by atoms with Gasteiger partial charge in [0, 0.05) is 12.5 Å². The van der Waals surface area contributed by atoms with Crippen LogP contribution < -0.4 is 11.1 Å². The Morgan fingerprint density at radius 3 is 2.69 bits per heavy atom. The minimum absolute atomic E-state index is 0.00678. The highest BCUT2D eigenvalue weighted by Gasteiger charge is 2.42. The molecule has 0 spiro atoms. The van der Waals surface area contributed by atoms with Crippen molar-refractivity contribution in [2.75, 3.05) is 11.5 Å². The number of thiazole rings is 1. The Bertz CT molecular complexity index is 1240. The van der Waals surface area contributed by atoms with E-state index in [-0.39, 0.29) is 48.9 Å². The summed E-state index contributed by atoms with van der Waals surface area (Å²) in [6.45, 7) is 2.00. The van der Waals surface area contributed by atoms with Crippen LogP contribution in [0.4, 0.5) is 4.39 Å². The Balaban J connectivity index is 1.55. The van der Waals surface area contributed by atoms with E-state index in [1.54, 1.807) is 18.2 Å². The molecule has 0 aliphatic carbocycles. The average molecular weight is 476 g/mol. The number of nitrogens with zero attached hydrogens (tertiary/aromatic N) is 1.